The maximum absolute atomic E-state index is 6.41. The molecule has 0 bridgehead atoms. The average molecular weight is 395 g/mol. The van der Waals surface area contributed by atoms with E-state index in [9.17, 15) is 0 Å². The van der Waals surface area contributed by atoms with Crippen LogP contribution >= 0.6 is 0 Å². The maximum atomic E-state index is 6.41. The largest absolute Gasteiger partial charge is 0.488 e. The minimum atomic E-state index is -0.117. The van der Waals surface area contributed by atoms with Crippen LogP contribution in [-0.4, -0.2) is 5.60 Å². The highest BCUT2D eigenvalue weighted by Crippen LogP contribution is 2.43. The molecule has 0 aromatic heterocycles. The molecule has 0 saturated carbocycles. The lowest BCUT2D eigenvalue weighted by molar-refractivity contribution is 0.0828. The third-order valence-corrected chi connectivity index (χ3v) is 6.21. The topological polar surface area (TPSA) is 18.5 Å². The van der Waals surface area contributed by atoms with Gasteiger partial charge in [0.05, 0.1) is 0 Å². The van der Waals surface area contributed by atoms with Gasteiger partial charge in [-0.2, -0.15) is 0 Å². The molecule has 2 heteroatoms. The van der Waals surface area contributed by atoms with Crippen molar-refractivity contribution in [3.63, 3.8) is 0 Å². The molecule has 1 aliphatic heterocycles. The monoisotopic (exact) mass is 394 g/mol. The minimum Gasteiger partial charge on any atom is -0.488 e. The maximum Gasteiger partial charge on any atom is 0.127 e. The lowest BCUT2D eigenvalue weighted by atomic mass is 9.78. The molecule has 0 aliphatic carbocycles. The van der Waals surface area contributed by atoms with Crippen LogP contribution in [0.5, 0.6) is 11.5 Å². The Morgan fingerprint density at radius 2 is 1.79 bits per heavy atom. The summed E-state index contributed by atoms with van der Waals surface area (Å²) < 4.78 is 12.8. The Labute approximate surface area is 177 Å². The van der Waals surface area contributed by atoms with Crippen LogP contribution in [0.1, 0.15) is 89.8 Å². The highest BCUT2D eigenvalue weighted by atomic mass is 16.5. The van der Waals surface area contributed by atoms with Gasteiger partial charge in [0.1, 0.15) is 23.7 Å². The molecule has 1 aliphatic rings. The van der Waals surface area contributed by atoms with Gasteiger partial charge in [0.2, 0.25) is 0 Å². The first kappa shape index (κ1) is 21.7. The molecule has 29 heavy (non-hydrogen) atoms. The summed E-state index contributed by atoms with van der Waals surface area (Å²) in [5.74, 6) is 2.02. The van der Waals surface area contributed by atoms with E-state index in [1.54, 1.807) is 0 Å². The van der Waals surface area contributed by atoms with E-state index in [2.05, 4.69) is 71.0 Å². The normalized spacial score (nSPS) is 15.5. The quantitative estimate of drug-likeness (QED) is 0.407. The predicted molar refractivity (Wildman–Crippen MR) is 122 cm³/mol. The first-order valence-corrected chi connectivity index (χ1v) is 11.3. The lowest BCUT2D eigenvalue weighted by Crippen LogP contribution is -2.33. The highest BCUT2D eigenvalue weighted by molar-refractivity contribution is 5.51. The second-order valence-corrected chi connectivity index (χ2v) is 9.78. The van der Waals surface area contributed by atoms with Gasteiger partial charge in [0.15, 0.2) is 0 Å². The second-order valence-electron chi connectivity index (χ2n) is 9.78. The molecule has 3 rings (SSSR count). The fourth-order valence-corrected chi connectivity index (χ4v) is 4.12. The molecule has 2 aromatic rings. The molecule has 0 N–H and O–H groups in total. The van der Waals surface area contributed by atoms with Gasteiger partial charge in [0, 0.05) is 5.56 Å². The van der Waals surface area contributed by atoms with E-state index in [0.29, 0.717) is 6.61 Å². The Kier molecular flexibility index (Phi) is 6.93. The van der Waals surface area contributed by atoms with Crippen molar-refractivity contribution in [1.29, 1.82) is 0 Å². The van der Waals surface area contributed by atoms with Crippen LogP contribution in [-0.2, 0) is 18.4 Å². The van der Waals surface area contributed by atoms with Crippen LogP contribution in [0, 0.1) is 0 Å². The van der Waals surface area contributed by atoms with E-state index in [4.69, 9.17) is 9.47 Å². The molecule has 0 saturated heterocycles. The third kappa shape index (κ3) is 5.78. The van der Waals surface area contributed by atoms with Crippen molar-refractivity contribution in [3.05, 3.63) is 59.2 Å². The summed E-state index contributed by atoms with van der Waals surface area (Å²) in [6, 6.07) is 15.0. The number of unbranched alkanes of at least 4 members (excludes halogenated alkanes) is 3. The Balaban J connectivity index is 1.86. The van der Waals surface area contributed by atoms with Gasteiger partial charge in [-0.05, 0) is 61.8 Å². The molecule has 0 amide bonds. The number of benzene rings is 2. The number of hydrogen-bond acceptors (Lipinski definition) is 2. The van der Waals surface area contributed by atoms with Crippen molar-refractivity contribution in [2.45, 2.75) is 97.2 Å². The molecule has 1 heterocycles. The van der Waals surface area contributed by atoms with Crippen LogP contribution in [0.2, 0.25) is 0 Å². The second kappa shape index (κ2) is 9.24. The summed E-state index contributed by atoms with van der Waals surface area (Å²) in [4.78, 5) is 0. The van der Waals surface area contributed by atoms with Gasteiger partial charge in [-0.25, -0.2) is 0 Å². The Bertz CT molecular complexity index is 790. The molecule has 2 aromatic carbocycles. The average Bonchev–Trinajstić information content (AvgIpc) is 2.69. The lowest BCUT2D eigenvalue weighted by Gasteiger charge is -2.35. The number of ether oxygens (including phenoxy) is 2. The smallest absolute Gasteiger partial charge is 0.127 e. The minimum absolute atomic E-state index is 0.110. The molecule has 0 unspecified atom stereocenters. The van der Waals surface area contributed by atoms with Gasteiger partial charge < -0.3 is 9.47 Å². The molecule has 0 radical (unpaired) electrons. The first-order valence-electron chi connectivity index (χ1n) is 11.3. The molecule has 158 valence electrons. The third-order valence-electron chi connectivity index (χ3n) is 6.21. The zero-order chi connectivity index (χ0) is 20.9. The molecule has 2 nitrogen and oxygen atoms in total. The van der Waals surface area contributed by atoms with E-state index in [-0.39, 0.29) is 11.0 Å². The van der Waals surface area contributed by atoms with E-state index in [0.717, 1.165) is 24.3 Å². The highest BCUT2D eigenvalue weighted by Gasteiger charge is 2.31. The van der Waals surface area contributed by atoms with Crippen LogP contribution in [0.3, 0.4) is 0 Å². The van der Waals surface area contributed by atoms with Crippen LogP contribution in [0.15, 0.2) is 42.5 Å². The van der Waals surface area contributed by atoms with E-state index in [1.165, 1.54) is 48.8 Å². The van der Waals surface area contributed by atoms with E-state index in [1.807, 2.05) is 6.07 Å². The summed E-state index contributed by atoms with van der Waals surface area (Å²) in [6.45, 7) is 11.9. The van der Waals surface area contributed by atoms with Crippen molar-refractivity contribution >= 4 is 0 Å². The van der Waals surface area contributed by atoms with Gasteiger partial charge >= 0.3 is 0 Å². The number of rotatable bonds is 9. The first-order chi connectivity index (χ1) is 13.8. The summed E-state index contributed by atoms with van der Waals surface area (Å²) >= 11 is 0. The summed E-state index contributed by atoms with van der Waals surface area (Å²) in [6.07, 6.45) is 8.39. The molecular weight excluding hydrogens is 356 g/mol. The summed E-state index contributed by atoms with van der Waals surface area (Å²) in [5.41, 5.74) is 3.74. The van der Waals surface area contributed by atoms with Crippen molar-refractivity contribution in [1.82, 2.24) is 0 Å². The van der Waals surface area contributed by atoms with Crippen LogP contribution in [0.25, 0.3) is 0 Å². The van der Waals surface area contributed by atoms with E-state index < -0.39 is 0 Å². The zero-order valence-electron chi connectivity index (χ0n) is 19.0. The van der Waals surface area contributed by atoms with E-state index >= 15 is 0 Å². The molecular formula is C27H38O2. The number of fused-ring (bicyclic) bond motifs is 1. The molecule has 0 atom stereocenters. The van der Waals surface area contributed by atoms with Crippen molar-refractivity contribution < 1.29 is 9.47 Å². The number of hydrogen-bond donors (Lipinski definition) is 0. The van der Waals surface area contributed by atoms with Crippen molar-refractivity contribution in [2.75, 3.05) is 0 Å². The van der Waals surface area contributed by atoms with Gasteiger partial charge in [-0.3, -0.25) is 0 Å². The van der Waals surface area contributed by atoms with Gasteiger partial charge in [0.25, 0.3) is 0 Å². The fraction of sp³-hybridized carbons (Fsp3) is 0.556. The van der Waals surface area contributed by atoms with Crippen molar-refractivity contribution in [2.24, 2.45) is 0 Å². The Morgan fingerprint density at radius 3 is 2.52 bits per heavy atom. The SMILES string of the molecule is CCCCCCC(C)(C)c1cc(OCc2ccccc2)c2c(c1)OC(C)(C)CC2. The Morgan fingerprint density at radius 1 is 1.03 bits per heavy atom. The molecule has 0 fully saturated rings. The van der Waals surface area contributed by atoms with Gasteiger partial charge in [-0.1, -0.05) is 76.8 Å². The van der Waals surface area contributed by atoms with Gasteiger partial charge in [-0.15, -0.1) is 0 Å². The standard InChI is InChI=1S/C27H38O2/c1-6-7-8-12-16-26(2,3)22-18-24(28-20-21-13-10-9-11-14-21)23-15-17-27(4,5)29-25(23)19-22/h9-11,13-14,18-19H,6-8,12,15-17,20H2,1-5H3. The fourth-order valence-electron chi connectivity index (χ4n) is 4.12. The van der Waals surface area contributed by atoms with Crippen LogP contribution in [0.4, 0.5) is 0 Å². The molecule has 0 spiro atoms. The summed E-state index contributed by atoms with van der Waals surface area (Å²) in [5, 5.41) is 0. The predicted octanol–water partition coefficient (Wildman–Crippen LogP) is 7.62. The summed E-state index contributed by atoms with van der Waals surface area (Å²) in [7, 11) is 0. The zero-order valence-corrected chi connectivity index (χ0v) is 19.0. The Hall–Kier alpha value is -1.96. The van der Waals surface area contributed by atoms with Crippen LogP contribution < -0.4 is 9.47 Å². The van der Waals surface area contributed by atoms with Crippen molar-refractivity contribution in [3.8, 4) is 11.5 Å².